The standard InChI is InChI=1S/C29H24OS2/c1-20-7-12-23(13-8-20)29(30,24-14-9-21(2)10-15-24)26-19-22(27-5-3-17-31-27)11-16-25(26)28-6-4-18-32-28/h3-19,30H,1-2H3. The molecule has 0 amide bonds. The molecule has 158 valence electrons. The third-order valence-electron chi connectivity index (χ3n) is 5.94. The summed E-state index contributed by atoms with van der Waals surface area (Å²) in [4.78, 5) is 2.34. The minimum atomic E-state index is -1.28. The van der Waals surface area contributed by atoms with Gasteiger partial charge in [0.1, 0.15) is 5.60 Å². The Balaban J connectivity index is 1.82. The summed E-state index contributed by atoms with van der Waals surface area (Å²) in [5.41, 5.74) is 5.88. The van der Waals surface area contributed by atoms with E-state index < -0.39 is 5.60 Å². The van der Waals surface area contributed by atoms with E-state index in [-0.39, 0.29) is 0 Å². The summed E-state index contributed by atoms with van der Waals surface area (Å²) >= 11 is 3.41. The van der Waals surface area contributed by atoms with Crippen LogP contribution in [0.25, 0.3) is 20.9 Å². The van der Waals surface area contributed by atoms with Crippen molar-refractivity contribution in [2.24, 2.45) is 0 Å². The molecule has 3 heteroatoms. The van der Waals surface area contributed by atoms with Crippen LogP contribution in [0.1, 0.15) is 27.8 Å². The van der Waals surface area contributed by atoms with Gasteiger partial charge in [-0.15, -0.1) is 22.7 Å². The molecule has 0 fully saturated rings. The second-order valence-corrected chi connectivity index (χ2v) is 10.1. The molecule has 0 saturated heterocycles. The van der Waals surface area contributed by atoms with E-state index in [0.717, 1.165) is 32.7 Å². The zero-order chi connectivity index (χ0) is 22.1. The van der Waals surface area contributed by atoms with Crippen molar-refractivity contribution in [3.05, 3.63) is 130 Å². The molecule has 3 aromatic carbocycles. The molecule has 0 aliphatic heterocycles. The van der Waals surface area contributed by atoms with E-state index in [1.54, 1.807) is 22.7 Å². The van der Waals surface area contributed by atoms with Gasteiger partial charge in [-0.1, -0.05) is 83.9 Å². The molecule has 0 unspecified atom stereocenters. The fourth-order valence-electron chi connectivity index (χ4n) is 4.15. The third kappa shape index (κ3) is 3.73. The predicted molar refractivity (Wildman–Crippen MR) is 138 cm³/mol. The molecular formula is C29H24OS2. The van der Waals surface area contributed by atoms with Crippen LogP contribution in [0.15, 0.2) is 102 Å². The van der Waals surface area contributed by atoms with E-state index in [4.69, 9.17) is 0 Å². The predicted octanol–water partition coefficient (Wildman–Crippen LogP) is 8.04. The van der Waals surface area contributed by atoms with E-state index in [1.165, 1.54) is 16.0 Å². The summed E-state index contributed by atoms with van der Waals surface area (Å²) in [6.45, 7) is 4.15. The molecule has 0 saturated carbocycles. The molecule has 1 nitrogen and oxygen atoms in total. The molecule has 0 bridgehead atoms. The van der Waals surface area contributed by atoms with Crippen molar-refractivity contribution in [3.8, 4) is 20.9 Å². The molecule has 1 N–H and O–H groups in total. The lowest BCUT2D eigenvalue weighted by Crippen LogP contribution is -2.29. The van der Waals surface area contributed by atoms with Gasteiger partial charge >= 0.3 is 0 Å². The quantitative estimate of drug-likeness (QED) is 0.267. The van der Waals surface area contributed by atoms with Gasteiger partial charge in [-0.25, -0.2) is 0 Å². The van der Waals surface area contributed by atoms with Gasteiger partial charge in [0.15, 0.2) is 0 Å². The summed E-state index contributed by atoms with van der Waals surface area (Å²) in [7, 11) is 0. The van der Waals surface area contributed by atoms with E-state index in [1.807, 2.05) is 24.3 Å². The first-order valence-corrected chi connectivity index (χ1v) is 12.4. The third-order valence-corrected chi connectivity index (χ3v) is 7.76. The van der Waals surface area contributed by atoms with Crippen molar-refractivity contribution in [1.82, 2.24) is 0 Å². The first kappa shape index (κ1) is 20.9. The maximum atomic E-state index is 12.6. The van der Waals surface area contributed by atoms with E-state index in [2.05, 4.69) is 91.3 Å². The molecule has 0 aliphatic rings. The SMILES string of the molecule is Cc1ccc(C(O)(c2ccc(C)cc2)c2cc(-c3cccs3)ccc2-c2cccs2)cc1. The zero-order valence-corrected chi connectivity index (χ0v) is 19.7. The molecule has 0 spiro atoms. The van der Waals surface area contributed by atoms with Crippen LogP contribution in [-0.2, 0) is 5.60 Å². The number of rotatable bonds is 5. The molecule has 5 rings (SSSR count). The second kappa shape index (κ2) is 8.51. The van der Waals surface area contributed by atoms with E-state index in [9.17, 15) is 5.11 Å². The Hall–Kier alpha value is -2.98. The molecular weight excluding hydrogens is 428 g/mol. The highest BCUT2D eigenvalue weighted by molar-refractivity contribution is 7.13. The fraction of sp³-hybridized carbons (Fsp3) is 0.103. The Kier molecular flexibility index (Phi) is 5.56. The number of benzene rings is 3. The van der Waals surface area contributed by atoms with Gasteiger partial charge in [-0.2, -0.15) is 0 Å². The number of aryl methyl sites for hydroxylation is 2. The van der Waals surface area contributed by atoms with Gasteiger partial charge in [0, 0.05) is 15.3 Å². The molecule has 0 atom stereocenters. The Labute approximate surface area is 197 Å². The van der Waals surface area contributed by atoms with Crippen LogP contribution in [0.2, 0.25) is 0 Å². The largest absolute Gasteiger partial charge is 0.376 e. The van der Waals surface area contributed by atoms with Gasteiger partial charge in [0.05, 0.1) is 0 Å². The number of hydrogen-bond acceptors (Lipinski definition) is 3. The monoisotopic (exact) mass is 452 g/mol. The van der Waals surface area contributed by atoms with Crippen LogP contribution in [0.3, 0.4) is 0 Å². The normalized spacial score (nSPS) is 11.6. The smallest absolute Gasteiger partial charge is 0.141 e. The molecule has 0 aliphatic carbocycles. The topological polar surface area (TPSA) is 20.2 Å². The molecule has 5 aromatic rings. The Bertz CT molecular complexity index is 1270. The Morgan fingerprint density at radius 1 is 0.625 bits per heavy atom. The van der Waals surface area contributed by atoms with Gasteiger partial charge in [-0.3, -0.25) is 0 Å². The number of aliphatic hydroxyl groups is 1. The number of thiophene rings is 2. The van der Waals surface area contributed by atoms with Crippen molar-refractivity contribution in [2.45, 2.75) is 19.4 Å². The van der Waals surface area contributed by atoms with Crippen molar-refractivity contribution in [2.75, 3.05) is 0 Å². The minimum absolute atomic E-state index is 0.869. The highest BCUT2D eigenvalue weighted by Crippen LogP contribution is 2.44. The molecule has 2 aromatic heterocycles. The van der Waals surface area contributed by atoms with Gasteiger partial charge in [-0.05, 0) is 65.1 Å². The molecule has 0 radical (unpaired) electrons. The van der Waals surface area contributed by atoms with Crippen LogP contribution in [0.5, 0.6) is 0 Å². The zero-order valence-electron chi connectivity index (χ0n) is 18.1. The van der Waals surface area contributed by atoms with Crippen molar-refractivity contribution >= 4 is 22.7 Å². The first-order chi connectivity index (χ1) is 15.6. The van der Waals surface area contributed by atoms with Crippen LogP contribution in [-0.4, -0.2) is 5.11 Å². The lowest BCUT2D eigenvalue weighted by molar-refractivity contribution is 0.126. The highest BCUT2D eigenvalue weighted by atomic mass is 32.1. The lowest BCUT2D eigenvalue weighted by Gasteiger charge is -2.32. The summed E-state index contributed by atoms with van der Waals surface area (Å²) in [6.07, 6.45) is 0. The van der Waals surface area contributed by atoms with E-state index in [0.29, 0.717) is 0 Å². The summed E-state index contributed by atoms with van der Waals surface area (Å²) < 4.78 is 0. The summed E-state index contributed by atoms with van der Waals surface area (Å²) in [5, 5.41) is 16.8. The van der Waals surface area contributed by atoms with Crippen LogP contribution >= 0.6 is 22.7 Å². The molecule has 32 heavy (non-hydrogen) atoms. The first-order valence-electron chi connectivity index (χ1n) is 10.6. The number of hydrogen-bond donors (Lipinski definition) is 1. The van der Waals surface area contributed by atoms with Crippen molar-refractivity contribution < 1.29 is 5.11 Å². The van der Waals surface area contributed by atoms with Gasteiger partial charge in [0.2, 0.25) is 0 Å². The molecule has 2 heterocycles. The van der Waals surface area contributed by atoms with Gasteiger partial charge < -0.3 is 5.11 Å². The highest BCUT2D eigenvalue weighted by Gasteiger charge is 2.36. The van der Waals surface area contributed by atoms with Crippen LogP contribution in [0, 0.1) is 13.8 Å². The summed E-state index contributed by atoms with van der Waals surface area (Å²) in [5.74, 6) is 0. The lowest BCUT2D eigenvalue weighted by atomic mass is 9.77. The maximum absolute atomic E-state index is 12.6. The summed E-state index contributed by atoms with van der Waals surface area (Å²) in [6, 6.07) is 31.3. The van der Waals surface area contributed by atoms with Gasteiger partial charge in [0.25, 0.3) is 0 Å². The maximum Gasteiger partial charge on any atom is 0.141 e. The van der Waals surface area contributed by atoms with Crippen molar-refractivity contribution in [1.29, 1.82) is 0 Å². The Morgan fingerprint density at radius 3 is 1.66 bits per heavy atom. The van der Waals surface area contributed by atoms with Crippen LogP contribution in [0.4, 0.5) is 0 Å². The second-order valence-electron chi connectivity index (χ2n) is 8.16. The van der Waals surface area contributed by atoms with E-state index >= 15 is 0 Å². The Morgan fingerprint density at radius 2 is 1.16 bits per heavy atom. The van der Waals surface area contributed by atoms with Crippen LogP contribution < -0.4 is 0 Å². The minimum Gasteiger partial charge on any atom is -0.376 e. The van der Waals surface area contributed by atoms with Crippen molar-refractivity contribution in [3.63, 3.8) is 0 Å². The fourth-order valence-corrected chi connectivity index (χ4v) is 5.64. The average molecular weight is 453 g/mol. The average Bonchev–Trinajstić information content (AvgIpc) is 3.54.